The van der Waals surface area contributed by atoms with Gasteiger partial charge >= 0.3 is 206 Å². The van der Waals surface area contributed by atoms with Gasteiger partial charge in [0.05, 0.1) is 0 Å². The molecule has 0 radical (unpaired) electrons. The van der Waals surface area contributed by atoms with Crippen LogP contribution in [0.15, 0.2) is 141 Å². The summed E-state index contributed by atoms with van der Waals surface area (Å²) in [7, 11) is 0. The molecule has 2 aliphatic carbocycles. The van der Waals surface area contributed by atoms with Crippen molar-refractivity contribution in [2.24, 2.45) is 5.92 Å². The average molecular weight is 763 g/mol. The predicted molar refractivity (Wildman–Crippen MR) is 191 cm³/mol. The number of allylic oxidation sites excluding steroid dienone is 4. The summed E-state index contributed by atoms with van der Waals surface area (Å²) < 4.78 is 6.44. The first-order valence-corrected chi connectivity index (χ1v) is 28.3. The first-order valence-electron chi connectivity index (χ1n) is 16.8. The minimum absolute atomic E-state index is 0.626. The van der Waals surface area contributed by atoms with Crippen molar-refractivity contribution in [1.82, 2.24) is 3.30 Å². The Morgan fingerprint density at radius 2 is 0.955 bits per heavy atom. The molecule has 0 aliphatic heterocycles. The van der Waals surface area contributed by atoms with Crippen LogP contribution >= 0.6 is 0 Å². The van der Waals surface area contributed by atoms with Gasteiger partial charge in [-0.2, -0.15) is 0 Å². The van der Waals surface area contributed by atoms with E-state index < -0.39 is 26.9 Å². The van der Waals surface area contributed by atoms with E-state index in [4.69, 9.17) is 0 Å². The van der Waals surface area contributed by atoms with Crippen LogP contribution in [0.25, 0.3) is 11.1 Å². The van der Waals surface area contributed by atoms with Crippen LogP contribution in [0.4, 0.5) is 0 Å². The van der Waals surface area contributed by atoms with Crippen molar-refractivity contribution in [3.63, 3.8) is 0 Å². The molecule has 0 amide bonds. The molecule has 0 spiro atoms. The molecule has 0 aromatic heterocycles. The number of rotatable bonds is 7. The Labute approximate surface area is 276 Å². The van der Waals surface area contributed by atoms with Crippen LogP contribution in [0.1, 0.15) is 72.6 Å². The smallest absolute Gasteiger partial charge is 0.0184 e. The summed E-state index contributed by atoms with van der Waals surface area (Å²) in [5.41, 5.74) is 7.38. The van der Waals surface area contributed by atoms with Crippen molar-refractivity contribution in [3.05, 3.63) is 141 Å². The first kappa shape index (κ1) is 32.8. The zero-order valence-electron chi connectivity index (χ0n) is 27.2. The Kier molecular flexibility index (Phi) is 12.4. The summed E-state index contributed by atoms with van der Waals surface area (Å²) in [4.78, 5) is 0. The van der Waals surface area contributed by atoms with Crippen LogP contribution in [-0.4, -0.2) is 12.0 Å². The molecule has 2 aliphatic rings. The van der Waals surface area contributed by atoms with E-state index in [2.05, 4.69) is 140 Å². The van der Waals surface area contributed by atoms with E-state index in [-0.39, 0.29) is 0 Å². The molecule has 1 N–H and O–H groups in total. The third-order valence-electron chi connectivity index (χ3n) is 9.83. The van der Waals surface area contributed by atoms with Gasteiger partial charge in [-0.25, -0.2) is 0 Å². The fourth-order valence-electron chi connectivity index (χ4n) is 7.01. The Morgan fingerprint density at radius 1 is 0.545 bits per heavy atom. The number of benzene rings is 4. The van der Waals surface area contributed by atoms with Gasteiger partial charge in [-0.05, 0) is 11.1 Å². The Morgan fingerprint density at radius 3 is 1.36 bits per heavy atom. The summed E-state index contributed by atoms with van der Waals surface area (Å²) in [6.45, 7) is 9.69. The SMILES string of the molecule is CC1=C(C)C(C)[C]([Hf]([NH]C2CCCCCCC2)[SiH](c2ccccc2)c2ccccc2)=C1C.c1ccc(-c2ccccc2)cc1. The summed E-state index contributed by atoms with van der Waals surface area (Å²) >= 11 is -2.43. The van der Waals surface area contributed by atoms with Crippen molar-refractivity contribution in [1.29, 1.82) is 0 Å². The molecule has 6 rings (SSSR count). The molecule has 0 heterocycles. The second kappa shape index (κ2) is 16.6. The summed E-state index contributed by atoms with van der Waals surface area (Å²) in [5, 5.41) is 3.29. The van der Waals surface area contributed by atoms with Gasteiger partial charge in [0.15, 0.2) is 0 Å². The van der Waals surface area contributed by atoms with Crippen LogP contribution in [0, 0.1) is 5.92 Å². The van der Waals surface area contributed by atoms with Gasteiger partial charge in [-0.3, -0.25) is 0 Å². The zero-order chi connectivity index (χ0) is 30.7. The molecule has 0 saturated heterocycles. The molecule has 1 atom stereocenters. The third kappa shape index (κ3) is 8.36. The largest absolute Gasteiger partial charge is 0.0622 e. The van der Waals surface area contributed by atoms with Gasteiger partial charge in [-0.15, -0.1) is 0 Å². The van der Waals surface area contributed by atoms with Gasteiger partial charge in [0.25, 0.3) is 0 Å². The molecule has 4 aromatic rings. The molecule has 1 unspecified atom stereocenters. The van der Waals surface area contributed by atoms with Crippen molar-refractivity contribution < 1.29 is 20.9 Å². The normalized spacial score (nSPS) is 17.6. The van der Waals surface area contributed by atoms with Gasteiger partial charge in [0.2, 0.25) is 0 Å². The molecule has 4 aromatic carbocycles. The molecule has 0 bridgehead atoms. The summed E-state index contributed by atoms with van der Waals surface area (Å²) in [6.07, 6.45) is 9.86. The Bertz CT molecular complexity index is 1410. The fourth-order valence-corrected chi connectivity index (χ4v) is 39.7. The van der Waals surface area contributed by atoms with Gasteiger partial charge < -0.3 is 0 Å². The van der Waals surface area contributed by atoms with Crippen LogP contribution in [0.3, 0.4) is 0 Å². The summed E-state index contributed by atoms with van der Waals surface area (Å²) in [5.74, 6) is -0.704. The average Bonchev–Trinajstić information content (AvgIpc) is 3.25. The number of hydrogen-bond acceptors (Lipinski definition) is 1. The molecule has 227 valence electrons. The van der Waals surface area contributed by atoms with Crippen molar-refractivity contribution in [2.45, 2.75) is 78.7 Å². The standard InChI is InChI=1S/C12H11Si.C12H10.C9H13.C8H16N.Hf/c1-3-7-11(8-4-1)13-12-9-5-2-6-10-12;1-3-7-11(8-4-1)12-9-5-2-6-10-12;1-6-5-7(2)9(4)8(6)3;9-8-6-4-2-1-3-5-7-8;/h1-10,13H;1-10H;6H,1-4H3;8-9H,1-7H2;/q;;;-1;+1. The minimum atomic E-state index is -2.43. The molecule has 3 heteroatoms. The zero-order valence-corrected chi connectivity index (χ0v) is 32.0. The Hall–Kier alpha value is -2.59. The molecule has 1 saturated carbocycles. The Balaban J connectivity index is 0.000000266. The van der Waals surface area contributed by atoms with E-state index in [1.54, 1.807) is 27.1 Å². The molecule has 1 nitrogen and oxygen atoms in total. The topological polar surface area (TPSA) is 12.0 Å². The van der Waals surface area contributed by atoms with E-state index >= 15 is 0 Å². The van der Waals surface area contributed by atoms with Crippen LogP contribution in [0.2, 0.25) is 0 Å². The van der Waals surface area contributed by atoms with Gasteiger partial charge in [-0.1, -0.05) is 60.7 Å². The molecular formula is C41H50HfNSi. The van der Waals surface area contributed by atoms with Gasteiger partial charge in [0, 0.05) is 0 Å². The van der Waals surface area contributed by atoms with E-state index in [1.807, 2.05) is 15.5 Å². The monoisotopic (exact) mass is 764 g/mol. The van der Waals surface area contributed by atoms with Crippen LogP contribution in [0.5, 0.6) is 0 Å². The maximum Gasteiger partial charge on any atom is -0.0184 e. The van der Waals surface area contributed by atoms with E-state index in [0.29, 0.717) is 5.92 Å². The van der Waals surface area contributed by atoms with Crippen LogP contribution < -0.4 is 13.7 Å². The molecule has 1 fully saturated rings. The number of hydrogen-bond donors (Lipinski definition) is 1. The van der Waals surface area contributed by atoms with Crippen molar-refractivity contribution in [2.75, 3.05) is 0 Å². The second-order valence-electron chi connectivity index (χ2n) is 12.7. The third-order valence-corrected chi connectivity index (χ3v) is 37.4. The van der Waals surface area contributed by atoms with E-state index in [0.717, 1.165) is 6.04 Å². The maximum absolute atomic E-state index is 4.55. The van der Waals surface area contributed by atoms with Crippen LogP contribution in [-0.2, 0) is 20.9 Å². The fraction of sp³-hybridized carbons (Fsp3) is 0.317. The van der Waals surface area contributed by atoms with E-state index in [1.165, 1.54) is 56.1 Å². The summed E-state index contributed by atoms with van der Waals surface area (Å²) in [6, 6.07) is 44.7. The minimum Gasteiger partial charge on any atom is -0.0622 e. The molecular weight excluding hydrogens is 713 g/mol. The maximum atomic E-state index is 4.55. The quantitative estimate of drug-likeness (QED) is 0.185. The number of nitrogens with one attached hydrogen (secondary N) is 1. The van der Waals surface area contributed by atoms with Crippen molar-refractivity contribution in [3.8, 4) is 11.1 Å². The second-order valence-corrected chi connectivity index (χ2v) is 31.7. The first-order chi connectivity index (χ1) is 21.5. The van der Waals surface area contributed by atoms with E-state index in [9.17, 15) is 0 Å². The van der Waals surface area contributed by atoms with Gasteiger partial charge in [0.1, 0.15) is 0 Å². The van der Waals surface area contributed by atoms with Crippen molar-refractivity contribution >= 4 is 16.4 Å². The predicted octanol–water partition coefficient (Wildman–Crippen LogP) is 9.37. The molecule has 44 heavy (non-hydrogen) atoms.